The molecule has 0 unspecified atom stereocenters. The topological polar surface area (TPSA) is 91.7 Å². The number of fused-ring (bicyclic) bond motifs is 1. The zero-order valence-corrected chi connectivity index (χ0v) is 18.9. The molecule has 1 heterocycles. The van der Waals surface area contributed by atoms with Gasteiger partial charge in [0, 0.05) is 31.0 Å². The quantitative estimate of drug-likeness (QED) is 0.495. The van der Waals surface area contributed by atoms with E-state index in [1.807, 2.05) is 18.9 Å². The van der Waals surface area contributed by atoms with Gasteiger partial charge in [-0.25, -0.2) is 13.9 Å². The third-order valence-electron chi connectivity index (χ3n) is 5.01. The van der Waals surface area contributed by atoms with Crippen LogP contribution in [0.2, 0.25) is 5.02 Å². The minimum Gasteiger partial charge on any atom is -0.422 e. The van der Waals surface area contributed by atoms with Crippen molar-refractivity contribution >= 4 is 38.5 Å². The minimum atomic E-state index is -3.77. The number of rotatable bonds is 8. The van der Waals surface area contributed by atoms with Crippen LogP contribution in [0.4, 0.5) is 10.1 Å². The second kappa shape index (κ2) is 9.35. The fourth-order valence-corrected chi connectivity index (χ4v) is 4.05. The van der Waals surface area contributed by atoms with Crippen molar-refractivity contribution in [1.82, 2.24) is 9.62 Å². The molecule has 3 rings (SSSR count). The van der Waals surface area contributed by atoms with Crippen LogP contribution in [0.15, 0.2) is 45.6 Å². The van der Waals surface area contributed by atoms with E-state index in [1.54, 1.807) is 12.1 Å². The van der Waals surface area contributed by atoms with Crippen molar-refractivity contribution in [2.75, 3.05) is 25.4 Å². The van der Waals surface area contributed by atoms with Crippen molar-refractivity contribution in [2.45, 2.75) is 19.9 Å². The molecule has 31 heavy (non-hydrogen) atoms. The van der Waals surface area contributed by atoms with Crippen molar-refractivity contribution in [3.05, 3.63) is 74.3 Å². The van der Waals surface area contributed by atoms with Gasteiger partial charge in [0.1, 0.15) is 11.4 Å². The molecule has 0 bridgehead atoms. The Balaban J connectivity index is 2.14. The number of nitrogens with zero attached hydrogens (tertiary/aromatic N) is 1. The Kier molecular flexibility index (Phi) is 7.00. The molecule has 166 valence electrons. The van der Waals surface area contributed by atoms with Crippen LogP contribution in [0, 0.1) is 5.82 Å². The van der Waals surface area contributed by atoms with Crippen LogP contribution in [0.5, 0.6) is 0 Å². The van der Waals surface area contributed by atoms with E-state index in [4.69, 9.17) is 16.0 Å². The summed E-state index contributed by atoms with van der Waals surface area (Å²) < 4.78 is 47.6. The van der Waals surface area contributed by atoms with Gasteiger partial charge in [0.2, 0.25) is 0 Å². The van der Waals surface area contributed by atoms with E-state index in [-0.39, 0.29) is 17.1 Å². The lowest BCUT2D eigenvalue weighted by molar-refractivity contribution is 0.344. The second-order valence-corrected chi connectivity index (χ2v) is 9.08. The maximum absolute atomic E-state index is 14.0. The molecule has 0 aliphatic carbocycles. The van der Waals surface area contributed by atoms with E-state index in [0.717, 1.165) is 6.54 Å². The summed E-state index contributed by atoms with van der Waals surface area (Å²) in [4.78, 5) is 14.8. The molecular weight excluding hydrogens is 445 g/mol. The Labute approximate surface area is 185 Å². The Morgan fingerprint density at radius 1 is 1.19 bits per heavy atom. The molecule has 0 spiro atoms. The molecule has 1 aromatic heterocycles. The lowest BCUT2D eigenvalue weighted by atomic mass is 9.97. The summed E-state index contributed by atoms with van der Waals surface area (Å²) in [6.07, 6.45) is 0.0929. The lowest BCUT2D eigenvalue weighted by Crippen LogP contribution is -2.26. The van der Waals surface area contributed by atoms with E-state index in [9.17, 15) is 17.6 Å². The summed E-state index contributed by atoms with van der Waals surface area (Å²) in [6, 6.07) is 8.87. The van der Waals surface area contributed by atoms with Gasteiger partial charge < -0.3 is 9.32 Å². The van der Waals surface area contributed by atoms with E-state index in [0.29, 0.717) is 34.2 Å². The van der Waals surface area contributed by atoms with Crippen LogP contribution in [0.3, 0.4) is 0 Å². The summed E-state index contributed by atoms with van der Waals surface area (Å²) in [5.41, 5.74) is 1.45. The molecule has 0 fully saturated rings. The van der Waals surface area contributed by atoms with E-state index in [2.05, 4.69) is 9.44 Å². The summed E-state index contributed by atoms with van der Waals surface area (Å²) in [5, 5.41) is 0.674. The molecule has 0 amide bonds. The highest BCUT2D eigenvalue weighted by molar-refractivity contribution is 7.90. The SMILES string of the molecule is CCN(C)Cc1c(Cc2cccc(NS(=O)(=O)NC)c2Cl)c(=O)oc2ccc(F)cc12. The van der Waals surface area contributed by atoms with E-state index < -0.39 is 21.7 Å². The van der Waals surface area contributed by atoms with Crippen LogP contribution in [0.25, 0.3) is 11.0 Å². The van der Waals surface area contributed by atoms with Gasteiger partial charge in [-0.1, -0.05) is 30.7 Å². The molecule has 0 saturated heterocycles. The van der Waals surface area contributed by atoms with Gasteiger partial charge in [-0.3, -0.25) is 4.72 Å². The Morgan fingerprint density at radius 2 is 1.94 bits per heavy atom. The number of hydrogen-bond donors (Lipinski definition) is 2. The van der Waals surface area contributed by atoms with Crippen LogP contribution in [0.1, 0.15) is 23.6 Å². The predicted octanol–water partition coefficient (Wildman–Crippen LogP) is 3.50. The predicted molar refractivity (Wildman–Crippen MR) is 120 cm³/mol. The first-order valence-corrected chi connectivity index (χ1v) is 11.4. The van der Waals surface area contributed by atoms with Crippen LogP contribution < -0.4 is 15.1 Å². The number of nitrogens with one attached hydrogen (secondary N) is 2. The maximum Gasteiger partial charge on any atom is 0.340 e. The fraction of sp³-hybridized carbons (Fsp3) is 0.286. The van der Waals surface area contributed by atoms with Crippen molar-refractivity contribution in [3.8, 4) is 0 Å². The molecule has 0 atom stereocenters. The summed E-state index contributed by atoms with van der Waals surface area (Å²) in [6.45, 7) is 3.10. The monoisotopic (exact) mass is 467 g/mol. The van der Waals surface area contributed by atoms with Gasteiger partial charge in [0.05, 0.1) is 10.7 Å². The molecule has 0 saturated carbocycles. The molecule has 2 aromatic carbocycles. The zero-order valence-electron chi connectivity index (χ0n) is 17.3. The molecule has 0 radical (unpaired) electrons. The van der Waals surface area contributed by atoms with Gasteiger partial charge in [0.15, 0.2) is 0 Å². The molecular formula is C21H23ClFN3O4S. The Hall–Kier alpha value is -2.46. The highest BCUT2D eigenvalue weighted by atomic mass is 35.5. The molecule has 0 aliphatic rings. The normalized spacial score (nSPS) is 11.9. The third-order valence-corrected chi connectivity index (χ3v) is 6.48. The smallest absolute Gasteiger partial charge is 0.340 e. The lowest BCUT2D eigenvalue weighted by Gasteiger charge is -2.19. The van der Waals surface area contributed by atoms with Crippen molar-refractivity contribution in [1.29, 1.82) is 0 Å². The summed E-state index contributed by atoms with van der Waals surface area (Å²) in [5.74, 6) is -0.436. The number of benzene rings is 2. The second-order valence-electron chi connectivity index (χ2n) is 7.08. The number of halogens is 2. The van der Waals surface area contributed by atoms with E-state index >= 15 is 0 Å². The molecule has 2 N–H and O–H groups in total. The first kappa shape index (κ1) is 23.2. The highest BCUT2D eigenvalue weighted by Gasteiger charge is 2.19. The Morgan fingerprint density at radius 3 is 2.61 bits per heavy atom. The first-order chi connectivity index (χ1) is 14.6. The average molecular weight is 468 g/mol. The fourth-order valence-electron chi connectivity index (χ4n) is 3.20. The van der Waals surface area contributed by atoms with Crippen LogP contribution >= 0.6 is 11.6 Å². The summed E-state index contributed by atoms with van der Waals surface area (Å²) >= 11 is 6.45. The van der Waals surface area contributed by atoms with Gasteiger partial charge in [-0.2, -0.15) is 8.42 Å². The largest absolute Gasteiger partial charge is 0.422 e. The highest BCUT2D eigenvalue weighted by Crippen LogP contribution is 2.30. The number of anilines is 1. The van der Waals surface area contributed by atoms with Gasteiger partial charge in [0.25, 0.3) is 10.2 Å². The molecule has 3 aromatic rings. The summed E-state index contributed by atoms with van der Waals surface area (Å²) in [7, 11) is -0.601. The van der Waals surface area contributed by atoms with Gasteiger partial charge in [-0.05, 0) is 49.0 Å². The maximum atomic E-state index is 14.0. The Bertz CT molecular complexity index is 1280. The molecule has 0 aliphatic heterocycles. The van der Waals surface area contributed by atoms with Crippen molar-refractivity contribution < 1.29 is 17.2 Å². The minimum absolute atomic E-state index is 0.0929. The zero-order chi connectivity index (χ0) is 22.8. The average Bonchev–Trinajstić information content (AvgIpc) is 2.73. The molecule has 10 heteroatoms. The van der Waals surface area contributed by atoms with Crippen LogP contribution in [-0.2, 0) is 23.2 Å². The standard InChI is InChI=1S/C21H23ClFN3O4S/c1-4-26(3)12-17-15-11-14(23)8-9-19(15)30-21(27)16(17)10-13-6-5-7-18(20(13)22)25-31(28,29)24-2/h5-9,11,24-25H,4,10,12H2,1-3H3. The van der Waals surface area contributed by atoms with Crippen molar-refractivity contribution in [3.63, 3.8) is 0 Å². The van der Waals surface area contributed by atoms with Crippen LogP contribution in [-0.4, -0.2) is 34.0 Å². The molecule has 7 nitrogen and oxygen atoms in total. The van der Waals surface area contributed by atoms with Gasteiger partial charge in [-0.15, -0.1) is 0 Å². The first-order valence-electron chi connectivity index (χ1n) is 9.56. The third kappa shape index (κ3) is 5.24. The van der Waals surface area contributed by atoms with E-state index in [1.165, 1.54) is 31.3 Å². The van der Waals surface area contributed by atoms with Gasteiger partial charge >= 0.3 is 5.63 Å². The number of hydrogen-bond acceptors (Lipinski definition) is 5. The van der Waals surface area contributed by atoms with Crippen molar-refractivity contribution in [2.24, 2.45) is 0 Å².